The SMILES string of the molecule is CCCCC(C(=O)N1CCN(CCOc2ccc(F)cc2)CC1)c1ccc(C#N)c(C)c1. The van der Waals surface area contributed by atoms with Gasteiger partial charge in [-0.1, -0.05) is 31.9 Å². The largest absolute Gasteiger partial charge is 0.492 e. The van der Waals surface area contributed by atoms with Gasteiger partial charge in [-0.15, -0.1) is 0 Å². The van der Waals surface area contributed by atoms with Crippen LogP contribution in [0.2, 0.25) is 0 Å². The quantitative estimate of drug-likeness (QED) is 0.580. The van der Waals surface area contributed by atoms with E-state index in [2.05, 4.69) is 17.9 Å². The van der Waals surface area contributed by atoms with Crippen molar-refractivity contribution >= 4 is 5.91 Å². The van der Waals surface area contributed by atoms with Crippen LogP contribution in [0, 0.1) is 24.1 Å². The Morgan fingerprint density at radius 2 is 1.88 bits per heavy atom. The fourth-order valence-corrected chi connectivity index (χ4v) is 4.11. The van der Waals surface area contributed by atoms with Gasteiger partial charge in [-0.25, -0.2) is 4.39 Å². The maximum Gasteiger partial charge on any atom is 0.230 e. The van der Waals surface area contributed by atoms with Gasteiger partial charge < -0.3 is 9.64 Å². The Labute approximate surface area is 190 Å². The minimum Gasteiger partial charge on any atom is -0.492 e. The zero-order valence-corrected chi connectivity index (χ0v) is 19.0. The van der Waals surface area contributed by atoms with Crippen LogP contribution in [0.4, 0.5) is 4.39 Å². The second kappa shape index (κ2) is 11.6. The van der Waals surface area contributed by atoms with Gasteiger partial charge in [0.2, 0.25) is 5.91 Å². The van der Waals surface area contributed by atoms with Gasteiger partial charge in [0.15, 0.2) is 0 Å². The maximum absolute atomic E-state index is 13.4. The molecule has 0 radical (unpaired) electrons. The van der Waals surface area contributed by atoms with Crippen molar-refractivity contribution in [3.05, 3.63) is 65.0 Å². The van der Waals surface area contributed by atoms with E-state index in [1.54, 1.807) is 12.1 Å². The topological polar surface area (TPSA) is 56.6 Å². The molecule has 1 atom stereocenters. The summed E-state index contributed by atoms with van der Waals surface area (Å²) in [4.78, 5) is 17.7. The molecule has 0 bridgehead atoms. The lowest BCUT2D eigenvalue weighted by molar-refractivity contribution is -0.134. The van der Waals surface area contributed by atoms with Gasteiger partial charge >= 0.3 is 0 Å². The van der Waals surface area contributed by atoms with Gasteiger partial charge in [-0.05, 0) is 54.8 Å². The van der Waals surface area contributed by atoms with Gasteiger partial charge in [0, 0.05) is 32.7 Å². The van der Waals surface area contributed by atoms with Crippen molar-refractivity contribution in [3.8, 4) is 11.8 Å². The number of unbranched alkanes of at least 4 members (excludes halogenated alkanes) is 1. The molecule has 0 aromatic heterocycles. The minimum atomic E-state index is -0.272. The maximum atomic E-state index is 13.4. The smallest absolute Gasteiger partial charge is 0.230 e. The zero-order chi connectivity index (χ0) is 22.9. The summed E-state index contributed by atoms with van der Waals surface area (Å²) in [6, 6.07) is 14.0. The first-order valence-corrected chi connectivity index (χ1v) is 11.4. The summed E-state index contributed by atoms with van der Waals surface area (Å²) in [7, 11) is 0. The summed E-state index contributed by atoms with van der Waals surface area (Å²) in [6.07, 6.45) is 2.86. The summed E-state index contributed by atoms with van der Waals surface area (Å²) >= 11 is 0. The fourth-order valence-electron chi connectivity index (χ4n) is 4.11. The number of aryl methyl sites for hydroxylation is 1. The third kappa shape index (κ3) is 6.30. The Morgan fingerprint density at radius 1 is 1.16 bits per heavy atom. The van der Waals surface area contributed by atoms with Gasteiger partial charge in [-0.2, -0.15) is 5.26 Å². The van der Waals surface area contributed by atoms with Gasteiger partial charge in [0.25, 0.3) is 0 Å². The normalized spacial score (nSPS) is 15.2. The lowest BCUT2D eigenvalue weighted by Crippen LogP contribution is -2.50. The highest BCUT2D eigenvalue weighted by Crippen LogP contribution is 2.27. The summed E-state index contributed by atoms with van der Waals surface area (Å²) in [6.45, 7) is 8.39. The third-order valence-corrected chi connectivity index (χ3v) is 6.09. The molecule has 0 spiro atoms. The number of nitrogens with zero attached hydrogens (tertiary/aromatic N) is 3. The highest BCUT2D eigenvalue weighted by atomic mass is 19.1. The Kier molecular flexibility index (Phi) is 8.64. The van der Waals surface area contributed by atoms with Gasteiger partial charge in [0.1, 0.15) is 18.2 Å². The molecular weight excluding hydrogens is 405 g/mol. The zero-order valence-electron chi connectivity index (χ0n) is 19.0. The Hall–Kier alpha value is -2.91. The van der Waals surface area contributed by atoms with E-state index < -0.39 is 0 Å². The van der Waals surface area contributed by atoms with E-state index in [4.69, 9.17) is 4.74 Å². The Bertz CT molecular complexity index is 931. The van der Waals surface area contributed by atoms with E-state index in [0.29, 0.717) is 31.0 Å². The first-order valence-electron chi connectivity index (χ1n) is 11.4. The molecule has 1 fully saturated rings. The van der Waals surface area contributed by atoms with Crippen LogP contribution in [0.1, 0.15) is 48.8 Å². The molecule has 1 unspecified atom stereocenters. The first kappa shape index (κ1) is 23.7. The number of ether oxygens (including phenoxy) is 1. The first-order chi connectivity index (χ1) is 15.5. The van der Waals surface area contributed by atoms with E-state index in [1.807, 2.05) is 30.0 Å². The van der Waals surface area contributed by atoms with Crippen molar-refractivity contribution in [2.45, 2.75) is 39.0 Å². The highest BCUT2D eigenvalue weighted by Gasteiger charge is 2.28. The van der Waals surface area contributed by atoms with Crippen molar-refractivity contribution in [3.63, 3.8) is 0 Å². The fraction of sp³-hybridized carbons (Fsp3) is 0.462. The average Bonchev–Trinajstić information content (AvgIpc) is 2.81. The number of carbonyl (C=O) groups is 1. The molecule has 32 heavy (non-hydrogen) atoms. The van der Waals surface area contributed by atoms with Gasteiger partial charge in [0.05, 0.1) is 17.6 Å². The molecule has 1 aliphatic rings. The number of halogens is 1. The summed E-state index contributed by atoms with van der Waals surface area (Å²) in [5.74, 6) is 0.419. The number of amides is 1. The van der Waals surface area contributed by atoms with Crippen LogP contribution in [0.3, 0.4) is 0 Å². The summed E-state index contributed by atoms with van der Waals surface area (Å²) < 4.78 is 18.7. The molecule has 1 saturated heterocycles. The molecule has 2 aromatic rings. The van der Waals surface area contributed by atoms with E-state index in [-0.39, 0.29) is 17.6 Å². The molecule has 170 valence electrons. The molecule has 1 aliphatic heterocycles. The molecule has 2 aromatic carbocycles. The van der Waals surface area contributed by atoms with E-state index in [9.17, 15) is 14.4 Å². The predicted molar refractivity (Wildman–Crippen MR) is 123 cm³/mol. The number of nitriles is 1. The number of hydrogen-bond acceptors (Lipinski definition) is 4. The van der Waals surface area contributed by atoms with Crippen molar-refractivity contribution in [1.82, 2.24) is 9.80 Å². The second-order valence-electron chi connectivity index (χ2n) is 8.35. The molecular formula is C26H32FN3O2. The van der Waals surface area contributed by atoms with Crippen LogP contribution in [0.25, 0.3) is 0 Å². The Morgan fingerprint density at radius 3 is 2.50 bits per heavy atom. The predicted octanol–water partition coefficient (Wildman–Crippen LogP) is 4.50. The third-order valence-electron chi connectivity index (χ3n) is 6.09. The standard InChI is InChI=1S/C26H32FN3O2/c1-3-4-5-25(21-6-7-22(19-28)20(2)18-21)26(31)30-14-12-29(13-15-30)16-17-32-24-10-8-23(27)9-11-24/h6-11,18,25H,3-5,12-17H2,1-2H3. The Balaban J connectivity index is 1.53. The number of rotatable bonds is 9. The summed E-state index contributed by atoms with van der Waals surface area (Å²) in [5, 5.41) is 9.21. The number of benzene rings is 2. The molecule has 5 nitrogen and oxygen atoms in total. The number of hydrogen-bond donors (Lipinski definition) is 0. The van der Waals surface area contributed by atoms with E-state index >= 15 is 0 Å². The second-order valence-corrected chi connectivity index (χ2v) is 8.35. The molecule has 0 saturated carbocycles. The highest BCUT2D eigenvalue weighted by molar-refractivity contribution is 5.84. The molecule has 1 heterocycles. The minimum absolute atomic E-state index is 0.158. The van der Waals surface area contributed by atoms with Crippen LogP contribution in [0.15, 0.2) is 42.5 Å². The lowest BCUT2D eigenvalue weighted by atomic mass is 9.90. The summed E-state index contributed by atoms with van der Waals surface area (Å²) in [5.41, 5.74) is 2.59. The lowest BCUT2D eigenvalue weighted by Gasteiger charge is -2.36. The average molecular weight is 438 g/mol. The van der Waals surface area contributed by atoms with E-state index in [0.717, 1.165) is 50.0 Å². The molecule has 6 heteroatoms. The number of carbonyl (C=O) groups excluding carboxylic acids is 1. The van der Waals surface area contributed by atoms with Crippen molar-refractivity contribution in [1.29, 1.82) is 5.26 Å². The van der Waals surface area contributed by atoms with Crippen molar-refractivity contribution < 1.29 is 13.9 Å². The van der Waals surface area contributed by atoms with Crippen LogP contribution in [-0.4, -0.2) is 55.0 Å². The van der Waals surface area contributed by atoms with E-state index in [1.165, 1.54) is 12.1 Å². The monoisotopic (exact) mass is 437 g/mol. The molecule has 0 N–H and O–H groups in total. The molecule has 0 aliphatic carbocycles. The molecule has 3 rings (SSSR count). The van der Waals surface area contributed by atoms with Crippen LogP contribution in [0.5, 0.6) is 5.75 Å². The van der Waals surface area contributed by atoms with Crippen molar-refractivity contribution in [2.75, 3.05) is 39.3 Å². The van der Waals surface area contributed by atoms with Crippen molar-refractivity contribution in [2.24, 2.45) is 0 Å². The van der Waals surface area contributed by atoms with Crippen LogP contribution in [-0.2, 0) is 4.79 Å². The van der Waals surface area contributed by atoms with Crippen LogP contribution >= 0.6 is 0 Å². The van der Waals surface area contributed by atoms with Crippen LogP contribution < -0.4 is 4.74 Å². The van der Waals surface area contributed by atoms with Gasteiger partial charge in [-0.3, -0.25) is 9.69 Å². The number of piperazine rings is 1. The molecule has 1 amide bonds.